The summed E-state index contributed by atoms with van der Waals surface area (Å²) in [5, 5.41) is 10.5. The first-order valence-corrected chi connectivity index (χ1v) is 11.1. The molecule has 1 aliphatic rings. The molecule has 1 heterocycles. The Morgan fingerprint density at radius 2 is 1.74 bits per heavy atom. The van der Waals surface area contributed by atoms with Crippen LogP contribution in [-0.2, 0) is 11.2 Å². The van der Waals surface area contributed by atoms with Gasteiger partial charge in [0.1, 0.15) is 6.04 Å². The summed E-state index contributed by atoms with van der Waals surface area (Å²) in [6, 6.07) is 19.4. The van der Waals surface area contributed by atoms with Crippen LogP contribution in [0.2, 0.25) is 0 Å². The van der Waals surface area contributed by atoms with Crippen molar-refractivity contribution in [2.75, 3.05) is 5.32 Å². The fraction of sp³-hybridized carbons (Fsp3) is 0.208. The fourth-order valence-electron chi connectivity index (χ4n) is 3.17. The fourth-order valence-corrected chi connectivity index (χ4v) is 3.79. The second kappa shape index (κ2) is 9.57. The number of hydrogen-bond donors (Lipinski definition) is 3. The maximum absolute atomic E-state index is 12.9. The number of carbonyl (C=O) groups excluding carboxylic acids is 3. The molecule has 4 rings (SSSR count). The Labute approximate surface area is 184 Å². The monoisotopic (exact) mass is 433 g/mol. The van der Waals surface area contributed by atoms with Crippen molar-refractivity contribution in [1.29, 1.82) is 0 Å². The Bertz CT molecular complexity index is 1060. The van der Waals surface area contributed by atoms with Gasteiger partial charge in [0.2, 0.25) is 5.91 Å². The molecule has 0 saturated heterocycles. The third-order valence-electron chi connectivity index (χ3n) is 4.96. The molecule has 3 N–H and O–H groups in total. The molecule has 1 aromatic heterocycles. The van der Waals surface area contributed by atoms with Crippen LogP contribution in [0.3, 0.4) is 0 Å². The van der Waals surface area contributed by atoms with Crippen LogP contribution in [-0.4, -0.2) is 29.8 Å². The van der Waals surface area contributed by atoms with Gasteiger partial charge in [0.15, 0.2) is 0 Å². The number of amides is 3. The van der Waals surface area contributed by atoms with Crippen LogP contribution in [0.4, 0.5) is 5.69 Å². The van der Waals surface area contributed by atoms with Gasteiger partial charge in [-0.05, 0) is 48.1 Å². The molecular weight excluding hydrogens is 410 g/mol. The van der Waals surface area contributed by atoms with Crippen molar-refractivity contribution in [3.8, 4) is 0 Å². The van der Waals surface area contributed by atoms with Gasteiger partial charge >= 0.3 is 0 Å². The van der Waals surface area contributed by atoms with Gasteiger partial charge in [-0.25, -0.2) is 0 Å². The summed E-state index contributed by atoms with van der Waals surface area (Å²) in [4.78, 5) is 38.5. The Morgan fingerprint density at radius 1 is 0.935 bits per heavy atom. The molecule has 158 valence electrons. The predicted octanol–water partition coefficient (Wildman–Crippen LogP) is 3.62. The third kappa shape index (κ3) is 5.79. The maximum atomic E-state index is 12.9. The van der Waals surface area contributed by atoms with Crippen LogP contribution in [0.25, 0.3) is 0 Å². The zero-order chi connectivity index (χ0) is 21.6. The van der Waals surface area contributed by atoms with Crippen LogP contribution in [0, 0.1) is 0 Å². The molecule has 0 radical (unpaired) electrons. The zero-order valence-corrected chi connectivity index (χ0v) is 17.7. The minimum Gasteiger partial charge on any atom is -0.352 e. The smallest absolute Gasteiger partial charge is 0.265 e. The molecular formula is C24H23N3O3S. The molecule has 3 aromatic rings. The molecule has 1 aliphatic carbocycles. The first-order valence-electron chi connectivity index (χ1n) is 10.2. The van der Waals surface area contributed by atoms with E-state index in [-0.39, 0.29) is 23.8 Å². The highest BCUT2D eigenvalue weighted by molar-refractivity contribution is 7.12. The summed E-state index contributed by atoms with van der Waals surface area (Å²) in [6.07, 6.45) is 2.35. The SMILES string of the molecule is O=C(NC(Cc1ccccc1)C(=O)NC1CC1)c1cccc(NC(=O)c2cccs2)c1. The summed E-state index contributed by atoms with van der Waals surface area (Å²) in [7, 11) is 0. The lowest BCUT2D eigenvalue weighted by Gasteiger charge is -2.19. The molecule has 1 fully saturated rings. The van der Waals surface area contributed by atoms with Crippen molar-refractivity contribution >= 4 is 34.7 Å². The summed E-state index contributed by atoms with van der Waals surface area (Å²) in [5.74, 6) is -0.765. The lowest BCUT2D eigenvalue weighted by atomic mass is 10.0. The minimum absolute atomic E-state index is 0.179. The van der Waals surface area contributed by atoms with Crippen LogP contribution >= 0.6 is 11.3 Å². The Morgan fingerprint density at radius 3 is 2.45 bits per heavy atom. The topological polar surface area (TPSA) is 87.3 Å². The summed E-state index contributed by atoms with van der Waals surface area (Å²) in [6.45, 7) is 0. The maximum Gasteiger partial charge on any atom is 0.265 e. The highest BCUT2D eigenvalue weighted by atomic mass is 32.1. The van der Waals surface area contributed by atoms with Crippen molar-refractivity contribution < 1.29 is 14.4 Å². The first kappa shape index (κ1) is 20.8. The standard InChI is InChI=1S/C24H23N3O3S/c28-22(17-8-4-9-19(15-17)26-24(30)21-10-5-13-31-21)27-20(23(29)25-18-11-12-18)14-16-6-2-1-3-7-16/h1-10,13,15,18,20H,11-12,14H2,(H,25,29)(H,26,30)(H,27,28). The normalized spacial score (nSPS) is 13.8. The predicted molar refractivity (Wildman–Crippen MR) is 121 cm³/mol. The number of rotatable bonds is 8. The van der Waals surface area contributed by atoms with Crippen LogP contribution in [0.1, 0.15) is 38.4 Å². The summed E-state index contributed by atoms with van der Waals surface area (Å²) < 4.78 is 0. The van der Waals surface area contributed by atoms with E-state index in [1.807, 2.05) is 41.8 Å². The van der Waals surface area contributed by atoms with Gasteiger partial charge in [-0.1, -0.05) is 42.5 Å². The van der Waals surface area contributed by atoms with E-state index in [0.29, 0.717) is 22.5 Å². The van der Waals surface area contributed by atoms with Crippen molar-refractivity contribution in [3.63, 3.8) is 0 Å². The highest BCUT2D eigenvalue weighted by Crippen LogP contribution is 2.19. The average molecular weight is 434 g/mol. The molecule has 0 bridgehead atoms. The van der Waals surface area contributed by atoms with E-state index in [1.54, 1.807) is 30.3 Å². The Hall–Kier alpha value is -3.45. The molecule has 1 saturated carbocycles. The molecule has 3 amide bonds. The largest absolute Gasteiger partial charge is 0.352 e. The Kier molecular flexibility index (Phi) is 6.43. The summed E-state index contributed by atoms with van der Waals surface area (Å²) in [5.41, 5.74) is 1.87. The molecule has 1 atom stereocenters. The lowest BCUT2D eigenvalue weighted by Crippen LogP contribution is -2.48. The number of anilines is 1. The molecule has 31 heavy (non-hydrogen) atoms. The minimum atomic E-state index is -0.681. The Balaban J connectivity index is 1.45. The van der Waals surface area contributed by atoms with E-state index in [2.05, 4.69) is 16.0 Å². The van der Waals surface area contributed by atoms with Crippen molar-refractivity contribution in [1.82, 2.24) is 10.6 Å². The van der Waals surface area contributed by atoms with Crippen molar-refractivity contribution in [2.45, 2.75) is 31.3 Å². The number of hydrogen-bond acceptors (Lipinski definition) is 4. The quantitative estimate of drug-likeness (QED) is 0.507. The van der Waals surface area contributed by atoms with E-state index in [9.17, 15) is 14.4 Å². The molecule has 0 aliphatic heterocycles. The van der Waals surface area contributed by atoms with Gasteiger partial charge in [-0.2, -0.15) is 0 Å². The molecule has 6 nitrogen and oxygen atoms in total. The zero-order valence-electron chi connectivity index (χ0n) is 16.8. The van der Waals surface area contributed by atoms with Gasteiger partial charge in [-0.15, -0.1) is 11.3 Å². The highest BCUT2D eigenvalue weighted by Gasteiger charge is 2.28. The molecule has 1 unspecified atom stereocenters. The van der Waals surface area contributed by atoms with Gasteiger partial charge in [-0.3, -0.25) is 14.4 Å². The van der Waals surface area contributed by atoms with Gasteiger partial charge in [0, 0.05) is 23.7 Å². The third-order valence-corrected chi connectivity index (χ3v) is 5.82. The van der Waals surface area contributed by atoms with Crippen molar-refractivity contribution in [2.24, 2.45) is 0 Å². The number of carbonyl (C=O) groups is 3. The number of nitrogens with one attached hydrogen (secondary N) is 3. The van der Waals surface area contributed by atoms with Gasteiger partial charge in [0.05, 0.1) is 4.88 Å². The second-order valence-electron chi connectivity index (χ2n) is 7.51. The molecule has 7 heteroatoms. The van der Waals surface area contributed by atoms with Crippen LogP contribution < -0.4 is 16.0 Å². The molecule has 0 spiro atoms. The first-order chi connectivity index (χ1) is 15.1. The number of thiophene rings is 1. The van der Waals surface area contributed by atoms with Crippen LogP contribution in [0.15, 0.2) is 72.1 Å². The lowest BCUT2D eigenvalue weighted by molar-refractivity contribution is -0.123. The van der Waals surface area contributed by atoms with E-state index in [1.165, 1.54) is 11.3 Å². The van der Waals surface area contributed by atoms with Gasteiger partial charge < -0.3 is 16.0 Å². The van der Waals surface area contributed by atoms with Crippen molar-refractivity contribution in [3.05, 3.63) is 88.1 Å². The van der Waals surface area contributed by atoms with E-state index in [4.69, 9.17) is 0 Å². The van der Waals surface area contributed by atoms with Crippen LogP contribution in [0.5, 0.6) is 0 Å². The summed E-state index contributed by atoms with van der Waals surface area (Å²) >= 11 is 1.35. The average Bonchev–Trinajstić information content (AvgIpc) is 3.41. The number of benzene rings is 2. The van der Waals surface area contributed by atoms with E-state index < -0.39 is 6.04 Å². The van der Waals surface area contributed by atoms with E-state index >= 15 is 0 Å². The second-order valence-corrected chi connectivity index (χ2v) is 8.46. The van der Waals surface area contributed by atoms with E-state index in [0.717, 1.165) is 18.4 Å². The molecule has 2 aromatic carbocycles. The van der Waals surface area contributed by atoms with Gasteiger partial charge in [0.25, 0.3) is 11.8 Å².